The van der Waals surface area contributed by atoms with E-state index in [0.717, 1.165) is 26.4 Å². The molecule has 2 aromatic carbocycles. The van der Waals surface area contributed by atoms with Gasteiger partial charge < -0.3 is 5.11 Å². The summed E-state index contributed by atoms with van der Waals surface area (Å²) in [4.78, 5) is 15.9. The molecule has 0 aliphatic heterocycles. The molecule has 27 heavy (non-hydrogen) atoms. The second-order valence-corrected chi connectivity index (χ2v) is 7.21. The Morgan fingerprint density at radius 1 is 1.11 bits per heavy atom. The number of aromatic nitrogens is 3. The molecule has 0 unspecified atom stereocenters. The summed E-state index contributed by atoms with van der Waals surface area (Å²) >= 11 is 1.51. The maximum atomic E-state index is 11.4. The summed E-state index contributed by atoms with van der Waals surface area (Å²) in [6, 6.07) is 17.9. The quantitative estimate of drug-likeness (QED) is 0.537. The van der Waals surface area contributed by atoms with Crippen molar-refractivity contribution in [2.75, 3.05) is 0 Å². The van der Waals surface area contributed by atoms with E-state index in [2.05, 4.69) is 10.1 Å². The highest BCUT2D eigenvalue weighted by Crippen LogP contribution is 2.30. The lowest BCUT2D eigenvalue weighted by atomic mass is 10.1. The van der Waals surface area contributed by atoms with Crippen molar-refractivity contribution in [2.45, 2.75) is 13.0 Å². The lowest BCUT2D eigenvalue weighted by molar-refractivity contribution is -0.135. The van der Waals surface area contributed by atoms with Gasteiger partial charge >= 0.3 is 5.97 Å². The van der Waals surface area contributed by atoms with Gasteiger partial charge in [0.15, 0.2) is 0 Å². The minimum absolute atomic E-state index is 0.0797. The molecule has 134 valence electrons. The van der Waals surface area contributed by atoms with E-state index in [9.17, 15) is 9.90 Å². The molecule has 0 saturated carbocycles. The van der Waals surface area contributed by atoms with Gasteiger partial charge in [-0.05, 0) is 29.3 Å². The number of hydrogen-bond acceptors (Lipinski definition) is 4. The van der Waals surface area contributed by atoms with Crippen LogP contribution >= 0.6 is 11.3 Å². The predicted octanol–water partition coefficient (Wildman–Crippen LogP) is 4.56. The third-order valence-corrected chi connectivity index (χ3v) is 5.20. The first-order valence-electron chi connectivity index (χ1n) is 8.52. The Balaban J connectivity index is 1.64. The molecular formula is C21H17N3O2S. The third-order valence-electron chi connectivity index (χ3n) is 4.09. The predicted molar refractivity (Wildman–Crippen MR) is 108 cm³/mol. The van der Waals surface area contributed by atoms with Crippen molar-refractivity contribution in [1.82, 2.24) is 14.8 Å². The summed E-state index contributed by atoms with van der Waals surface area (Å²) in [6.07, 6.45) is 5.45. The molecule has 0 atom stereocenters. The van der Waals surface area contributed by atoms with Gasteiger partial charge in [-0.1, -0.05) is 42.5 Å². The van der Waals surface area contributed by atoms with Crippen LogP contribution in [-0.2, 0) is 11.3 Å². The fraction of sp³-hybridized carbons (Fsp3) is 0.0952. The van der Waals surface area contributed by atoms with Gasteiger partial charge in [-0.3, -0.25) is 9.48 Å². The SMILES string of the molecule is O=C(O)CC(=Cc1cnn(Cc2ccccc2)c1)c1nc2ccccc2s1. The first-order valence-corrected chi connectivity index (χ1v) is 9.34. The van der Waals surface area contributed by atoms with E-state index in [1.807, 2.05) is 71.6 Å². The minimum atomic E-state index is -0.878. The fourth-order valence-corrected chi connectivity index (χ4v) is 3.85. The molecule has 0 aliphatic carbocycles. The fourth-order valence-electron chi connectivity index (χ4n) is 2.87. The number of hydrogen-bond donors (Lipinski definition) is 1. The first kappa shape index (κ1) is 17.2. The Morgan fingerprint density at radius 3 is 2.67 bits per heavy atom. The number of carbonyl (C=O) groups is 1. The number of fused-ring (bicyclic) bond motifs is 1. The summed E-state index contributed by atoms with van der Waals surface area (Å²) in [5.41, 5.74) is 3.59. The van der Waals surface area contributed by atoms with E-state index in [0.29, 0.717) is 12.1 Å². The number of para-hydroxylation sites is 1. The molecule has 5 nitrogen and oxygen atoms in total. The Labute approximate surface area is 160 Å². The standard InChI is InChI=1S/C21H17N3O2S/c25-20(26)11-17(21-23-18-8-4-5-9-19(18)27-21)10-16-12-22-24(14-16)13-15-6-2-1-3-7-15/h1-10,12,14H,11,13H2,(H,25,26). The first-order chi connectivity index (χ1) is 13.2. The topological polar surface area (TPSA) is 68.0 Å². The van der Waals surface area contributed by atoms with Crippen LogP contribution in [0.25, 0.3) is 21.9 Å². The zero-order chi connectivity index (χ0) is 18.6. The highest BCUT2D eigenvalue weighted by atomic mass is 32.1. The molecule has 0 bridgehead atoms. The lowest BCUT2D eigenvalue weighted by Crippen LogP contribution is -1.99. The maximum Gasteiger partial charge on any atom is 0.307 e. The van der Waals surface area contributed by atoms with E-state index in [1.165, 1.54) is 11.3 Å². The molecule has 0 radical (unpaired) electrons. The van der Waals surface area contributed by atoms with Crippen molar-refractivity contribution in [3.8, 4) is 0 Å². The van der Waals surface area contributed by atoms with Gasteiger partial charge in [-0.2, -0.15) is 5.10 Å². The number of nitrogens with zero attached hydrogens (tertiary/aromatic N) is 3. The molecule has 1 N–H and O–H groups in total. The Morgan fingerprint density at radius 2 is 1.89 bits per heavy atom. The van der Waals surface area contributed by atoms with Crippen molar-refractivity contribution < 1.29 is 9.90 Å². The number of carboxylic acid groups (broad SMARTS) is 1. The summed E-state index contributed by atoms with van der Waals surface area (Å²) in [5.74, 6) is -0.878. The normalized spacial score (nSPS) is 11.8. The van der Waals surface area contributed by atoms with Gasteiger partial charge in [0.25, 0.3) is 0 Å². The van der Waals surface area contributed by atoms with Gasteiger partial charge in [0.2, 0.25) is 0 Å². The van der Waals surface area contributed by atoms with Crippen LogP contribution < -0.4 is 0 Å². The molecule has 2 aromatic heterocycles. The molecule has 0 saturated heterocycles. The molecule has 4 rings (SSSR count). The summed E-state index contributed by atoms with van der Waals surface area (Å²) in [7, 11) is 0. The molecule has 0 fully saturated rings. The lowest BCUT2D eigenvalue weighted by Gasteiger charge is -2.01. The Kier molecular flexibility index (Phi) is 4.80. The van der Waals surface area contributed by atoms with Crippen molar-refractivity contribution in [3.05, 3.63) is 83.1 Å². The average molecular weight is 375 g/mol. The Bertz CT molecular complexity index is 1080. The van der Waals surface area contributed by atoms with Crippen LogP contribution in [0, 0.1) is 0 Å². The van der Waals surface area contributed by atoms with Crippen molar-refractivity contribution in [3.63, 3.8) is 0 Å². The highest BCUT2D eigenvalue weighted by molar-refractivity contribution is 7.19. The minimum Gasteiger partial charge on any atom is -0.481 e. The van der Waals surface area contributed by atoms with Gasteiger partial charge in [0.05, 0.1) is 29.4 Å². The van der Waals surface area contributed by atoms with E-state index in [4.69, 9.17) is 0 Å². The maximum absolute atomic E-state index is 11.4. The van der Waals surface area contributed by atoms with Crippen molar-refractivity contribution in [2.24, 2.45) is 0 Å². The molecule has 0 aliphatic rings. The largest absolute Gasteiger partial charge is 0.481 e. The smallest absolute Gasteiger partial charge is 0.307 e. The number of carboxylic acids is 1. The van der Waals surface area contributed by atoms with Crippen molar-refractivity contribution in [1.29, 1.82) is 0 Å². The highest BCUT2D eigenvalue weighted by Gasteiger charge is 2.13. The van der Waals surface area contributed by atoms with Crippen LogP contribution in [0.5, 0.6) is 0 Å². The second kappa shape index (κ2) is 7.55. The zero-order valence-corrected chi connectivity index (χ0v) is 15.3. The summed E-state index contributed by atoms with van der Waals surface area (Å²) in [6.45, 7) is 0.671. The molecule has 2 heterocycles. The number of thiazole rings is 1. The Hall–Kier alpha value is -3.25. The van der Waals surface area contributed by atoms with Gasteiger partial charge in [0, 0.05) is 11.8 Å². The van der Waals surface area contributed by atoms with Gasteiger partial charge in [0.1, 0.15) is 5.01 Å². The third kappa shape index (κ3) is 4.12. The summed E-state index contributed by atoms with van der Waals surface area (Å²) < 4.78 is 2.89. The van der Waals surface area contributed by atoms with Crippen LogP contribution in [0.4, 0.5) is 0 Å². The van der Waals surface area contributed by atoms with Gasteiger partial charge in [-0.25, -0.2) is 4.98 Å². The van der Waals surface area contributed by atoms with Crippen LogP contribution in [0.3, 0.4) is 0 Å². The second-order valence-electron chi connectivity index (χ2n) is 6.18. The molecule has 6 heteroatoms. The van der Waals surface area contributed by atoms with Crippen LogP contribution in [0.1, 0.15) is 22.6 Å². The van der Waals surface area contributed by atoms with Crippen LogP contribution in [0.2, 0.25) is 0 Å². The van der Waals surface area contributed by atoms with E-state index in [-0.39, 0.29) is 6.42 Å². The number of rotatable bonds is 6. The zero-order valence-electron chi connectivity index (χ0n) is 14.4. The molecular weight excluding hydrogens is 358 g/mol. The van der Waals surface area contributed by atoms with Crippen LogP contribution in [0.15, 0.2) is 67.0 Å². The molecule has 0 spiro atoms. The van der Waals surface area contributed by atoms with E-state index >= 15 is 0 Å². The summed E-state index contributed by atoms with van der Waals surface area (Å²) in [5, 5.41) is 14.4. The van der Waals surface area contributed by atoms with Gasteiger partial charge in [-0.15, -0.1) is 11.3 Å². The van der Waals surface area contributed by atoms with Crippen LogP contribution in [-0.4, -0.2) is 25.8 Å². The van der Waals surface area contributed by atoms with E-state index < -0.39 is 5.97 Å². The van der Waals surface area contributed by atoms with Crippen molar-refractivity contribution >= 4 is 39.2 Å². The number of benzene rings is 2. The molecule has 4 aromatic rings. The van der Waals surface area contributed by atoms with E-state index in [1.54, 1.807) is 6.20 Å². The molecule has 0 amide bonds. The monoisotopic (exact) mass is 375 g/mol. The average Bonchev–Trinajstić information content (AvgIpc) is 3.28. The number of aliphatic carboxylic acids is 1.